The summed E-state index contributed by atoms with van der Waals surface area (Å²) in [6, 6.07) is 11.2. The number of aromatic nitrogens is 1. The Kier molecular flexibility index (Phi) is 3.20. The summed E-state index contributed by atoms with van der Waals surface area (Å²) in [4.78, 5) is 12.6. The standard InChI is InChI=1S/C20H17NO3/c1-3-21-11-13(14-6-4-5-7-16(14)21)10-18-19(23)15-8-9-17(22)12(2)20(15)24-18/h4-11,22H,3H2,1-2H3/b18-10-. The van der Waals surface area contributed by atoms with E-state index in [9.17, 15) is 9.90 Å². The van der Waals surface area contributed by atoms with Gasteiger partial charge in [0.15, 0.2) is 5.76 Å². The smallest absolute Gasteiger partial charge is 0.231 e. The Morgan fingerprint density at radius 1 is 1.21 bits per heavy atom. The molecule has 120 valence electrons. The van der Waals surface area contributed by atoms with Crippen molar-refractivity contribution in [3.8, 4) is 11.5 Å². The number of carbonyl (C=O) groups excluding carboxylic acids is 1. The van der Waals surface area contributed by atoms with Gasteiger partial charge in [0, 0.05) is 34.8 Å². The fraction of sp³-hybridized carbons (Fsp3) is 0.150. The fourth-order valence-corrected chi connectivity index (χ4v) is 3.17. The Morgan fingerprint density at radius 3 is 2.79 bits per heavy atom. The van der Waals surface area contributed by atoms with E-state index >= 15 is 0 Å². The Balaban J connectivity index is 1.84. The first kappa shape index (κ1) is 14.6. The molecule has 0 aliphatic carbocycles. The van der Waals surface area contributed by atoms with Crippen LogP contribution < -0.4 is 4.74 Å². The number of benzene rings is 2. The van der Waals surface area contributed by atoms with Crippen LogP contribution in [0.3, 0.4) is 0 Å². The van der Waals surface area contributed by atoms with E-state index in [-0.39, 0.29) is 17.3 Å². The second-order valence-corrected chi connectivity index (χ2v) is 5.91. The summed E-state index contributed by atoms with van der Waals surface area (Å²) in [6.45, 7) is 4.68. The van der Waals surface area contributed by atoms with Gasteiger partial charge in [-0.05, 0) is 38.1 Å². The predicted octanol–water partition coefficient (Wildman–Crippen LogP) is 4.29. The molecule has 4 rings (SSSR count). The average Bonchev–Trinajstić information content (AvgIpc) is 3.11. The van der Waals surface area contributed by atoms with Crippen molar-refractivity contribution in [1.29, 1.82) is 0 Å². The van der Waals surface area contributed by atoms with Gasteiger partial charge in [0.25, 0.3) is 0 Å². The van der Waals surface area contributed by atoms with Crippen LogP contribution in [0.2, 0.25) is 0 Å². The van der Waals surface area contributed by atoms with Crippen molar-refractivity contribution < 1.29 is 14.6 Å². The molecule has 1 N–H and O–H groups in total. The van der Waals surface area contributed by atoms with E-state index in [1.807, 2.05) is 24.4 Å². The lowest BCUT2D eigenvalue weighted by Gasteiger charge is -2.03. The largest absolute Gasteiger partial charge is 0.508 e. The van der Waals surface area contributed by atoms with E-state index in [0.717, 1.165) is 23.0 Å². The lowest BCUT2D eigenvalue weighted by Crippen LogP contribution is -1.97. The molecule has 0 saturated heterocycles. The van der Waals surface area contributed by atoms with E-state index < -0.39 is 0 Å². The predicted molar refractivity (Wildman–Crippen MR) is 93.4 cm³/mol. The second-order valence-electron chi connectivity index (χ2n) is 5.91. The molecule has 4 nitrogen and oxygen atoms in total. The minimum absolute atomic E-state index is 0.130. The Morgan fingerprint density at radius 2 is 2.00 bits per heavy atom. The molecular weight excluding hydrogens is 302 g/mol. The van der Waals surface area contributed by atoms with Gasteiger partial charge < -0.3 is 14.4 Å². The van der Waals surface area contributed by atoms with Crippen molar-refractivity contribution in [1.82, 2.24) is 4.57 Å². The summed E-state index contributed by atoms with van der Waals surface area (Å²) >= 11 is 0. The van der Waals surface area contributed by atoms with Crippen LogP contribution in [0.25, 0.3) is 17.0 Å². The third kappa shape index (κ3) is 2.03. The van der Waals surface area contributed by atoms with Crippen LogP contribution >= 0.6 is 0 Å². The molecule has 0 bridgehead atoms. The number of fused-ring (bicyclic) bond motifs is 2. The highest BCUT2D eigenvalue weighted by Gasteiger charge is 2.30. The quantitative estimate of drug-likeness (QED) is 0.717. The lowest BCUT2D eigenvalue weighted by molar-refractivity contribution is 0.101. The van der Waals surface area contributed by atoms with Gasteiger partial charge in [-0.1, -0.05) is 18.2 Å². The summed E-state index contributed by atoms with van der Waals surface area (Å²) in [7, 11) is 0. The molecule has 1 aromatic heterocycles. The zero-order chi connectivity index (χ0) is 16.8. The van der Waals surface area contributed by atoms with Gasteiger partial charge in [-0.3, -0.25) is 4.79 Å². The summed E-state index contributed by atoms with van der Waals surface area (Å²) in [5.74, 6) is 0.718. The van der Waals surface area contributed by atoms with E-state index in [1.165, 1.54) is 6.07 Å². The maximum atomic E-state index is 12.6. The zero-order valence-corrected chi connectivity index (χ0v) is 13.5. The molecule has 0 fully saturated rings. The highest BCUT2D eigenvalue weighted by molar-refractivity contribution is 6.15. The van der Waals surface area contributed by atoms with Crippen molar-refractivity contribution in [3.05, 3.63) is 65.0 Å². The molecule has 0 atom stereocenters. The molecule has 3 aromatic rings. The Hall–Kier alpha value is -3.01. The first-order chi connectivity index (χ1) is 11.6. The summed E-state index contributed by atoms with van der Waals surface area (Å²) in [6.07, 6.45) is 3.81. The molecule has 24 heavy (non-hydrogen) atoms. The van der Waals surface area contributed by atoms with Crippen molar-refractivity contribution in [2.24, 2.45) is 0 Å². The van der Waals surface area contributed by atoms with E-state index in [4.69, 9.17) is 4.74 Å². The number of hydrogen-bond acceptors (Lipinski definition) is 3. The molecule has 2 aromatic carbocycles. The molecule has 0 spiro atoms. The molecule has 1 aliphatic heterocycles. The molecule has 4 heteroatoms. The number of ketones is 1. The van der Waals surface area contributed by atoms with Crippen LogP contribution in [-0.4, -0.2) is 15.5 Å². The number of ether oxygens (including phenoxy) is 1. The Bertz CT molecular complexity index is 1010. The molecule has 2 heterocycles. The lowest BCUT2D eigenvalue weighted by atomic mass is 10.1. The van der Waals surface area contributed by atoms with Crippen LogP contribution in [-0.2, 0) is 6.54 Å². The SMILES string of the molecule is CCn1cc(/C=C2\Oc3c(ccc(O)c3C)C2=O)c2ccccc21. The number of para-hydroxylation sites is 1. The van der Waals surface area contributed by atoms with E-state index in [0.29, 0.717) is 16.9 Å². The van der Waals surface area contributed by atoms with Gasteiger partial charge in [-0.2, -0.15) is 0 Å². The van der Waals surface area contributed by atoms with Crippen molar-refractivity contribution in [2.75, 3.05) is 0 Å². The number of phenols is 1. The highest BCUT2D eigenvalue weighted by Crippen LogP contribution is 2.39. The monoisotopic (exact) mass is 319 g/mol. The van der Waals surface area contributed by atoms with Crippen LogP contribution in [0.5, 0.6) is 11.5 Å². The molecule has 0 amide bonds. The number of aryl methyl sites for hydroxylation is 1. The van der Waals surface area contributed by atoms with Gasteiger partial charge in [-0.15, -0.1) is 0 Å². The third-order valence-corrected chi connectivity index (χ3v) is 4.50. The number of rotatable bonds is 2. The van der Waals surface area contributed by atoms with Gasteiger partial charge in [0.05, 0.1) is 5.56 Å². The second kappa shape index (κ2) is 5.27. The Labute approximate surface area is 139 Å². The molecule has 0 saturated carbocycles. The van der Waals surface area contributed by atoms with Crippen LogP contribution in [0.1, 0.15) is 28.4 Å². The van der Waals surface area contributed by atoms with Crippen molar-refractivity contribution in [3.63, 3.8) is 0 Å². The van der Waals surface area contributed by atoms with E-state index in [2.05, 4.69) is 17.6 Å². The number of hydrogen-bond donors (Lipinski definition) is 1. The summed E-state index contributed by atoms with van der Waals surface area (Å²) in [5.41, 5.74) is 3.16. The maximum absolute atomic E-state index is 12.6. The first-order valence-corrected chi connectivity index (χ1v) is 7.95. The number of carbonyl (C=O) groups is 1. The molecular formula is C20H17NO3. The molecule has 0 radical (unpaired) electrons. The fourth-order valence-electron chi connectivity index (χ4n) is 3.17. The van der Waals surface area contributed by atoms with Crippen molar-refractivity contribution in [2.45, 2.75) is 20.4 Å². The molecule has 0 unspecified atom stereocenters. The minimum Gasteiger partial charge on any atom is -0.508 e. The number of aromatic hydroxyl groups is 1. The van der Waals surface area contributed by atoms with Gasteiger partial charge in [0.1, 0.15) is 11.5 Å². The van der Waals surface area contributed by atoms with Gasteiger partial charge in [0.2, 0.25) is 5.78 Å². The average molecular weight is 319 g/mol. The number of Topliss-reactive ketones (excluding diaryl/α,β-unsaturated/α-hetero) is 1. The van der Waals surface area contributed by atoms with Gasteiger partial charge >= 0.3 is 0 Å². The number of phenolic OH excluding ortho intramolecular Hbond substituents is 1. The maximum Gasteiger partial charge on any atom is 0.231 e. The van der Waals surface area contributed by atoms with Crippen LogP contribution in [0.4, 0.5) is 0 Å². The first-order valence-electron chi connectivity index (χ1n) is 7.95. The summed E-state index contributed by atoms with van der Waals surface area (Å²) in [5, 5.41) is 10.9. The highest BCUT2D eigenvalue weighted by atomic mass is 16.5. The van der Waals surface area contributed by atoms with Crippen LogP contribution in [0.15, 0.2) is 48.4 Å². The minimum atomic E-state index is -0.151. The van der Waals surface area contributed by atoms with E-state index in [1.54, 1.807) is 19.1 Å². The van der Waals surface area contributed by atoms with Gasteiger partial charge in [-0.25, -0.2) is 0 Å². The summed E-state index contributed by atoms with van der Waals surface area (Å²) < 4.78 is 7.91. The molecule has 1 aliphatic rings. The topological polar surface area (TPSA) is 51.5 Å². The third-order valence-electron chi connectivity index (χ3n) is 4.50. The number of nitrogens with zero attached hydrogens (tertiary/aromatic N) is 1. The number of allylic oxidation sites excluding steroid dienone is 1. The zero-order valence-electron chi connectivity index (χ0n) is 13.5. The van der Waals surface area contributed by atoms with Crippen molar-refractivity contribution >= 4 is 22.8 Å². The normalized spacial score (nSPS) is 15.1. The van der Waals surface area contributed by atoms with Crippen LogP contribution in [0, 0.1) is 6.92 Å².